The predicted molar refractivity (Wildman–Crippen MR) is 70.4 cm³/mol. The summed E-state index contributed by atoms with van der Waals surface area (Å²) in [5.41, 5.74) is 1.11. The van der Waals surface area contributed by atoms with Gasteiger partial charge in [-0.1, -0.05) is 6.42 Å². The molecule has 1 saturated carbocycles. The number of aromatic nitrogens is 1. The van der Waals surface area contributed by atoms with Crippen LogP contribution in [0.5, 0.6) is 0 Å². The van der Waals surface area contributed by atoms with Crippen LogP contribution in [0.25, 0.3) is 0 Å². The van der Waals surface area contributed by atoms with Gasteiger partial charge in [0.15, 0.2) is 0 Å². The van der Waals surface area contributed by atoms with E-state index in [-0.39, 0.29) is 6.03 Å². The molecule has 0 spiro atoms. The van der Waals surface area contributed by atoms with Gasteiger partial charge in [0.2, 0.25) is 0 Å². The van der Waals surface area contributed by atoms with E-state index in [1.807, 2.05) is 24.0 Å². The third-order valence-corrected chi connectivity index (χ3v) is 4.16. The monoisotopic (exact) mass is 245 g/mol. The summed E-state index contributed by atoms with van der Waals surface area (Å²) in [5.74, 6) is 2.12. The Morgan fingerprint density at radius 3 is 2.78 bits per heavy atom. The fourth-order valence-electron chi connectivity index (χ4n) is 3.19. The van der Waals surface area contributed by atoms with Crippen molar-refractivity contribution in [1.82, 2.24) is 9.88 Å². The number of fused-ring (bicyclic) bond motifs is 1. The molecule has 1 N–H and O–H groups in total. The number of hydrogen-bond acceptors (Lipinski definition) is 2. The summed E-state index contributed by atoms with van der Waals surface area (Å²) in [6, 6.07) is 3.83. The van der Waals surface area contributed by atoms with E-state index in [1.54, 1.807) is 6.20 Å². The molecule has 0 bridgehead atoms. The minimum Gasteiger partial charge on any atom is -0.324 e. The summed E-state index contributed by atoms with van der Waals surface area (Å²) in [6.07, 6.45) is 5.64. The van der Waals surface area contributed by atoms with Crippen molar-refractivity contribution in [3.8, 4) is 0 Å². The molecule has 4 heteroatoms. The molecule has 1 aromatic rings. The first-order chi connectivity index (χ1) is 8.72. The second-order valence-electron chi connectivity index (χ2n) is 5.50. The molecule has 96 valence electrons. The number of likely N-dealkylation sites (tertiary alicyclic amines) is 1. The number of carbonyl (C=O) groups excluding carboxylic acids is 1. The molecule has 1 aliphatic heterocycles. The number of urea groups is 1. The van der Waals surface area contributed by atoms with Crippen molar-refractivity contribution in [3.05, 3.63) is 23.9 Å². The molecule has 0 radical (unpaired) electrons. The smallest absolute Gasteiger partial charge is 0.323 e. The molecular formula is C14H19N3O. The third-order valence-electron chi connectivity index (χ3n) is 4.16. The number of hydrogen-bond donors (Lipinski definition) is 1. The molecule has 1 saturated heterocycles. The first-order valence-corrected chi connectivity index (χ1v) is 6.71. The average molecular weight is 245 g/mol. The Labute approximate surface area is 107 Å². The Morgan fingerprint density at radius 1 is 1.39 bits per heavy atom. The quantitative estimate of drug-likeness (QED) is 0.826. The summed E-state index contributed by atoms with van der Waals surface area (Å²) < 4.78 is 0. The number of nitrogens with zero attached hydrogens (tertiary/aromatic N) is 2. The van der Waals surface area contributed by atoms with Crippen LogP contribution in [-0.2, 0) is 0 Å². The summed E-state index contributed by atoms with van der Waals surface area (Å²) in [4.78, 5) is 18.2. The molecule has 2 heterocycles. The molecule has 0 unspecified atom stereocenters. The highest BCUT2D eigenvalue weighted by Crippen LogP contribution is 2.37. The van der Waals surface area contributed by atoms with E-state index >= 15 is 0 Å². The molecule has 4 nitrogen and oxygen atoms in total. The Hall–Kier alpha value is -1.58. The van der Waals surface area contributed by atoms with Crippen LogP contribution in [0.3, 0.4) is 0 Å². The van der Waals surface area contributed by atoms with E-state index in [0.717, 1.165) is 30.5 Å². The van der Waals surface area contributed by atoms with E-state index in [4.69, 9.17) is 0 Å². The summed E-state index contributed by atoms with van der Waals surface area (Å²) in [5, 5.41) is 2.89. The number of carbonyl (C=O) groups is 1. The lowest BCUT2D eigenvalue weighted by atomic mass is 10.0. The van der Waals surface area contributed by atoms with Gasteiger partial charge in [-0.15, -0.1) is 0 Å². The predicted octanol–water partition coefficient (Wildman–Crippen LogP) is 2.65. The first kappa shape index (κ1) is 11.5. The maximum atomic E-state index is 12.1. The molecule has 1 aliphatic carbocycles. The van der Waals surface area contributed by atoms with Gasteiger partial charge in [-0.2, -0.15) is 0 Å². The van der Waals surface area contributed by atoms with E-state index in [9.17, 15) is 4.79 Å². The van der Waals surface area contributed by atoms with Crippen molar-refractivity contribution < 1.29 is 4.79 Å². The van der Waals surface area contributed by atoms with Crippen molar-refractivity contribution >= 4 is 11.8 Å². The second kappa shape index (κ2) is 4.59. The van der Waals surface area contributed by atoms with Gasteiger partial charge in [0.05, 0.1) is 0 Å². The fourth-order valence-corrected chi connectivity index (χ4v) is 3.19. The van der Waals surface area contributed by atoms with Crippen LogP contribution in [0.4, 0.5) is 10.6 Å². The highest BCUT2D eigenvalue weighted by atomic mass is 16.2. The molecule has 3 rings (SSSR count). The number of nitrogens with one attached hydrogen (secondary N) is 1. The molecule has 18 heavy (non-hydrogen) atoms. The van der Waals surface area contributed by atoms with E-state index < -0.39 is 0 Å². The zero-order valence-corrected chi connectivity index (χ0v) is 10.7. The van der Waals surface area contributed by atoms with Gasteiger partial charge in [-0.3, -0.25) is 5.32 Å². The minimum atomic E-state index is 0.00231. The molecule has 2 aliphatic rings. The van der Waals surface area contributed by atoms with Crippen molar-refractivity contribution in [2.45, 2.75) is 26.2 Å². The SMILES string of the molecule is Cc1ccnc(NC(=O)N2C[C@H]3CCC[C@H]3C2)c1. The van der Waals surface area contributed by atoms with Crippen LogP contribution in [-0.4, -0.2) is 29.0 Å². The molecule has 2 amide bonds. The molecule has 2 atom stereocenters. The molecule has 1 aromatic heterocycles. The van der Waals surface area contributed by atoms with Crippen molar-refractivity contribution in [3.63, 3.8) is 0 Å². The number of anilines is 1. The lowest BCUT2D eigenvalue weighted by Crippen LogP contribution is -2.33. The maximum absolute atomic E-state index is 12.1. The number of aryl methyl sites for hydroxylation is 1. The first-order valence-electron chi connectivity index (χ1n) is 6.71. The Morgan fingerprint density at radius 2 is 2.11 bits per heavy atom. The van der Waals surface area contributed by atoms with E-state index in [2.05, 4.69) is 10.3 Å². The van der Waals surface area contributed by atoms with Crippen LogP contribution >= 0.6 is 0 Å². The van der Waals surface area contributed by atoms with Gasteiger partial charge in [0.25, 0.3) is 0 Å². The van der Waals surface area contributed by atoms with Crippen molar-refractivity contribution in [2.75, 3.05) is 18.4 Å². The molecular weight excluding hydrogens is 226 g/mol. The van der Waals surface area contributed by atoms with Crippen molar-refractivity contribution in [1.29, 1.82) is 0 Å². The van der Waals surface area contributed by atoms with Crippen LogP contribution in [0.15, 0.2) is 18.3 Å². The zero-order chi connectivity index (χ0) is 12.5. The lowest BCUT2D eigenvalue weighted by Gasteiger charge is -2.17. The van der Waals surface area contributed by atoms with E-state index in [1.165, 1.54) is 19.3 Å². The third kappa shape index (κ3) is 2.19. The van der Waals surface area contributed by atoms with Crippen molar-refractivity contribution in [2.24, 2.45) is 11.8 Å². The van der Waals surface area contributed by atoms with Crippen LogP contribution in [0, 0.1) is 18.8 Å². The molecule has 2 fully saturated rings. The summed E-state index contributed by atoms with van der Waals surface area (Å²) in [7, 11) is 0. The number of pyridine rings is 1. The largest absolute Gasteiger partial charge is 0.324 e. The van der Waals surface area contributed by atoms with Crippen LogP contribution < -0.4 is 5.32 Å². The van der Waals surface area contributed by atoms with Gasteiger partial charge in [0.1, 0.15) is 5.82 Å². The second-order valence-corrected chi connectivity index (χ2v) is 5.50. The highest BCUT2D eigenvalue weighted by Gasteiger charge is 2.37. The van der Waals surface area contributed by atoms with Gasteiger partial charge in [0, 0.05) is 19.3 Å². The Kier molecular flexibility index (Phi) is 2.94. The zero-order valence-electron chi connectivity index (χ0n) is 10.7. The topological polar surface area (TPSA) is 45.2 Å². The lowest BCUT2D eigenvalue weighted by molar-refractivity contribution is 0.218. The Balaban J connectivity index is 1.62. The normalized spacial score (nSPS) is 26.2. The number of rotatable bonds is 1. The van der Waals surface area contributed by atoms with Gasteiger partial charge in [-0.05, 0) is 49.3 Å². The fraction of sp³-hybridized carbons (Fsp3) is 0.571. The highest BCUT2D eigenvalue weighted by molar-refractivity contribution is 5.88. The summed E-state index contributed by atoms with van der Waals surface area (Å²) in [6.45, 7) is 3.84. The van der Waals surface area contributed by atoms with Crippen LogP contribution in [0.2, 0.25) is 0 Å². The average Bonchev–Trinajstić information content (AvgIpc) is 2.88. The van der Waals surface area contributed by atoms with Gasteiger partial charge in [-0.25, -0.2) is 9.78 Å². The number of amides is 2. The molecule has 0 aromatic carbocycles. The minimum absolute atomic E-state index is 0.00231. The standard InChI is InChI=1S/C14H19N3O/c1-10-5-6-15-13(7-10)16-14(18)17-8-11-3-2-4-12(11)9-17/h5-7,11-12H,2-4,8-9H2,1H3,(H,15,16,18)/t11-,12+. The van der Waals surface area contributed by atoms with Crippen LogP contribution in [0.1, 0.15) is 24.8 Å². The maximum Gasteiger partial charge on any atom is 0.323 e. The van der Waals surface area contributed by atoms with Gasteiger partial charge >= 0.3 is 6.03 Å². The van der Waals surface area contributed by atoms with Gasteiger partial charge < -0.3 is 4.90 Å². The Bertz CT molecular complexity index is 448. The summed E-state index contributed by atoms with van der Waals surface area (Å²) >= 11 is 0. The van der Waals surface area contributed by atoms with E-state index in [0.29, 0.717) is 5.82 Å².